The first kappa shape index (κ1) is 21.7. The molecule has 1 saturated heterocycles. The van der Waals surface area contributed by atoms with Crippen LogP contribution in [-0.2, 0) is 4.74 Å². The summed E-state index contributed by atoms with van der Waals surface area (Å²) >= 11 is 0. The largest absolute Gasteiger partial charge is 0.491 e. The Balaban J connectivity index is 1.42. The Hall–Kier alpha value is -3.16. The molecule has 0 unspecified atom stereocenters. The summed E-state index contributed by atoms with van der Waals surface area (Å²) in [5.74, 6) is 1.62. The summed E-state index contributed by atoms with van der Waals surface area (Å²) in [6.07, 6.45) is 6.15. The van der Waals surface area contributed by atoms with Crippen molar-refractivity contribution in [3.05, 3.63) is 54.9 Å². The Morgan fingerprint density at radius 3 is 2.76 bits per heavy atom. The van der Waals surface area contributed by atoms with Crippen LogP contribution in [0, 0.1) is 0 Å². The van der Waals surface area contributed by atoms with Crippen LogP contribution in [0.3, 0.4) is 0 Å². The fraction of sp³-hybridized carbons (Fsp3) is 0.385. The molecular formula is C26H30N4O3. The Kier molecular flexibility index (Phi) is 6.41. The maximum atomic E-state index is 6.45. The van der Waals surface area contributed by atoms with E-state index in [4.69, 9.17) is 19.2 Å². The van der Waals surface area contributed by atoms with E-state index in [9.17, 15) is 0 Å². The first-order valence-corrected chi connectivity index (χ1v) is 11.6. The van der Waals surface area contributed by atoms with Gasteiger partial charge >= 0.3 is 0 Å². The monoisotopic (exact) mass is 446 g/mol. The molecule has 7 nitrogen and oxygen atoms in total. The average Bonchev–Trinajstić information content (AvgIpc) is 3.28. The molecule has 1 aromatic carbocycles. The molecule has 4 aromatic rings. The molecule has 0 atom stereocenters. The highest BCUT2D eigenvalue weighted by atomic mass is 16.5. The van der Waals surface area contributed by atoms with E-state index in [0.29, 0.717) is 13.2 Å². The number of pyridine rings is 2. The Bertz CT molecular complexity index is 1230. The second-order valence-corrected chi connectivity index (χ2v) is 8.35. The number of piperidine rings is 1. The van der Waals surface area contributed by atoms with Crippen molar-refractivity contribution in [2.45, 2.75) is 25.9 Å². The minimum Gasteiger partial charge on any atom is -0.491 e. The van der Waals surface area contributed by atoms with Gasteiger partial charge in [0.05, 0.1) is 24.2 Å². The molecule has 3 aromatic heterocycles. The summed E-state index contributed by atoms with van der Waals surface area (Å²) in [6, 6.07) is 14.2. The number of ether oxygens (including phenoxy) is 3. The molecule has 0 bridgehead atoms. The predicted octanol–water partition coefficient (Wildman–Crippen LogP) is 4.44. The summed E-state index contributed by atoms with van der Waals surface area (Å²) in [6.45, 7) is 6.55. The van der Waals surface area contributed by atoms with Crippen LogP contribution in [0.5, 0.6) is 11.5 Å². The van der Waals surface area contributed by atoms with Gasteiger partial charge in [-0.2, -0.15) is 0 Å². The molecule has 0 spiro atoms. The van der Waals surface area contributed by atoms with Gasteiger partial charge in [0, 0.05) is 37.8 Å². The molecule has 0 N–H and O–H groups in total. The van der Waals surface area contributed by atoms with Crippen LogP contribution < -0.4 is 9.47 Å². The molecule has 33 heavy (non-hydrogen) atoms. The number of fused-ring (bicyclic) bond motifs is 2. The van der Waals surface area contributed by atoms with E-state index in [-0.39, 0.29) is 6.10 Å². The van der Waals surface area contributed by atoms with Crippen LogP contribution >= 0.6 is 0 Å². The van der Waals surface area contributed by atoms with Gasteiger partial charge in [0.2, 0.25) is 0 Å². The van der Waals surface area contributed by atoms with Gasteiger partial charge in [0.25, 0.3) is 0 Å². The van der Waals surface area contributed by atoms with Crippen molar-refractivity contribution in [1.29, 1.82) is 0 Å². The standard InChI is InChI=1S/C26H30N4O3/c1-3-29-12-9-20(10-13-29)33-24-6-4-5-19-7-8-22(28-26(19)24)23-18-27-25-17-21(11-14-30(23)25)32-16-15-31-2/h4-8,11,14,17-18,20H,3,9-10,12-13,15-16H2,1-2H3. The number of hydrogen-bond acceptors (Lipinski definition) is 6. The molecule has 0 aliphatic carbocycles. The van der Waals surface area contributed by atoms with E-state index < -0.39 is 0 Å². The molecule has 1 fully saturated rings. The predicted molar refractivity (Wildman–Crippen MR) is 129 cm³/mol. The van der Waals surface area contributed by atoms with Gasteiger partial charge in [-0.15, -0.1) is 0 Å². The molecule has 1 aliphatic heterocycles. The van der Waals surface area contributed by atoms with Crippen LogP contribution in [0.15, 0.2) is 54.9 Å². The molecule has 5 rings (SSSR count). The Morgan fingerprint density at radius 1 is 1.06 bits per heavy atom. The highest BCUT2D eigenvalue weighted by Gasteiger charge is 2.20. The molecule has 0 radical (unpaired) electrons. The molecular weight excluding hydrogens is 416 g/mol. The second-order valence-electron chi connectivity index (χ2n) is 8.35. The lowest BCUT2D eigenvalue weighted by atomic mass is 10.1. The normalized spacial score (nSPS) is 15.3. The maximum absolute atomic E-state index is 6.45. The van der Waals surface area contributed by atoms with Gasteiger partial charge in [0.1, 0.15) is 35.4 Å². The zero-order valence-electron chi connectivity index (χ0n) is 19.2. The number of benzene rings is 1. The van der Waals surface area contributed by atoms with Crippen molar-refractivity contribution in [2.24, 2.45) is 0 Å². The third-order valence-electron chi connectivity index (χ3n) is 6.26. The zero-order valence-corrected chi connectivity index (χ0v) is 19.2. The fourth-order valence-electron chi connectivity index (χ4n) is 4.36. The smallest absolute Gasteiger partial charge is 0.145 e. The minimum absolute atomic E-state index is 0.233. The number of likely N-dealkylation sites (tertiary alicyclic amines) is 1. The summed E-state index contributed by atoms with van der Waals surface area (Å²) in [7, 11) is 1.66. The lowest BCUT2D eigenvalue weighted by Crippen LogP contribution is -2.38. The second kappa shape index (κ2) is 9.77. The third kappa shape index (κ3) is 4.65. The number of aromatic nitrogens is 3. The first-order chi connectivity index (χ1) is 16.2. The van der Waals surface area contributed by atoms with Crippen molar-refractivity contribution in [3.8, 4) is 22.9 Å². The van der Waals surface area contributed by atoms with Crippen molar-refractivity contribution in [1.82, 2.24) is 19.3 Å². The quantitative estimate of drug-likeness (QED) is 0.373. The maximum Gasteiger partial charge on any atom is 0.145 e. The lowest BCUT2D eigenvalue weighted by molar-refractivity contribution is 0.105. The molecule has 4 heterocycles. The molecule has 172 valence electrons. The van der Waals surface area contributed by atoms with Gasteiger partial charge in [-0.1, -0.05) is 25.1 Å². The third-order valence-corrected chi connectivity index (χ3v) is 6.26. The van der Waals surface area contributed by atoms with E-state index in [2.05, 4.69) is 28.9 Å². The zero-order chi connectivity index (χ0) is 22.6. The van der Waals surface area contributed by atoms with Crippen molar-refractivity contribution in [3.63, 3.8) is 0 Å². The van der Waals surface area contributed by atoms with E-state index in [0.717, 1.165) is 71.9 Å². The summed E-state index contributed by atoms with van der Waals surface area (Å²) < 4.78 is 19.2. The summed E-state index contributed by atoms with van der Waals surface area (Å²) in [4.78, 5) is 12.0. The summed E-state index contributed by atoms with van der Waals surface area (Å²) in [5, 5.41) is 1.07. The SMILES string of the molecule is CCN1CCC(Oc2cccc3ccc(-c4cnc5cc(OCCOC)ccn45)nc23)CC1. The summed E-state index contributed by atoms with van der Waals surface area (Å²) in [5.41, 5.74) is 3.50. The highest BCUT2D eigenvalue weighted by molar-refractivity contribution is 5.86. The number of rotatable bonds is 8. The van der Waals surface area contributed by atoms with Gasteiger partial charge in [-0.25, -0.2) is 9.97 Å². The van der Waals surface area contributed by atoms with Gasteiger partial charge in [-0.3, -0.25) is 4.40 Å². The van der Waals surface area contributed by atoms with E-state index in [1.54, 1.807) is 7.11 Å². The lowest BCUT2D eigenvalue weighted by Gasteiger charge is -2.31. The fourth-order valence-corrected chi connectivity index (χ4v) is 4.36. The highest BCUT2D eigenvalue weighted by Crippen LogP contribution is 2.30. The van der Waals surface area contributed by atoms with Gasteiger partial charge in [-0.05, 0) is 37.6 Å². The van der Waals surface area contributed by atoms with Crippen LogP contribution in [0.4, 0.5) is 0 Å². The van der Waals surface area contributed by atoms with Crippen molar-refractivity contribution >= 4 is 16.6 Å². The van der Waals surface area contributed by atoms with E-state index in [1.165, 1.54) is 0 Å². The molecule has 0 amide bonds. The van der Waals surface area contributed by atoms with Crippen LogP contribution in [0.1, 0.15) is 19.8 Å². The van der Waals surface area contributed by atoms with E-state index >= 15 is 0 Å². The molecule has 0 saturated carbocycles. The number of para-hydroxylation sites is 1. The number of methoxy groups -OCH3 is 1. The Morgan fingerprint density at radius 2 is 1.94 bits per heavy atom. The molecule has 7 heteroatoms. The van der Waals surface area contributed by atoms with Gasteiger partial charge in [0.15, 0.2) is 0 Å². The van der Waals surface area contributed by atoms with E-state index in [1.807, 2.05) is 47.1 Å². The van der Waals surface area contributed by atoms with Crippen LogP contribution in [0.2, 0.25) is 0 Å². The topological polar surface area (TPSA) is 61.1 Å². The minimum atomic E-state index is 0.233. The van der Waals surface area contributed by atoms with Crippen LogP contribution in [0.25, 0.3) is 27.9 Å². The van der Waals surface area contributed by atoms with Gasteiger partial charge < -0.3 is 19.1 Å². The number of imidazole rings is 1. The average molecular weight is 447 g/mol. The number of nitrogens with zero attached hydrogens (tertiary/aromatic N) is 4. The van der Waals surface area contributed by atoms with Crippen molar-refractivity contribution < 1.29 is 14.2 Å². The first-order valence-electron chi connectivity index (χ1n) is 11.6. The van der Waals surface area contributed by atoms with Crippen LogP contribution in [-0.4, -0.2) is 65.3 Å². The molecule has 1 aliphatic rings. The Labute approximate surface area is 193 Å². The number of hydrogen-bond donors (Lipinski definition) is 0. The van der Waals surface area contributed by atoms with Crippen molar-refractivity contribution in [2.75, 3.05) is 40.0 Å².